The molecule has 36 heavy (non-hydrogen) atoms. The molecule has 2 saturated heterocycles. The van der Waals surface area contributed by atoms with E-state index in [2.05, 4.69) is 16.8 Å². The van der Waals surface area contributed by atoms with Crippen LogP contribution in [0.3, 0.4) is 0 Å². The lowest BCUT2D eigenvalue weighted by molar-refractivity contribution is -0.143. The van der Waals surface area contributed by atoms with Crippen molar-refractivity contribution < 1.29 is 31.1 Å². The van der Waals surface area contributed by atoms with Gasteiger partial charge in [-0.25, -0.2) is 0 Å². The summed E-state index contributed by atoms with van der Waals surface area (Å²) in [6, 6.07) is 9.13. The van der Waals surface area contributed by atoms with E-state index in [-0.39, 0.29) is 31.1 Å². The number of rotatable bonds is 3. The van der Waals surface area contributed by atoms with E-state index in [1.54, 1.807) is 0 Å². The van der Waals surface area contributed by atoms with Gasteiger partial charge >= 0.3 is 12.4 Å². The van der Waals surface area contributed by atoms with Crippen molar-refractivity contribution in [3.63, 3.8) is 0 Å². The average molecular weight is 514 g/mol. The third kappa shape index (κ3) is 5.86. The summed E-state index contributed by atoms with van der Waals surface area (Å²) in [6.45, 7) is 5.98. The number of carbonyl (C=O) groups is 1. The second kappa shape index (κ2) is 10.0. The van der Waals surface area contributed by atoms with Crippen LogP contribution in [0.1, 0.15) is 45.0 Å². The van der Waals surface area contributed by atoms with Crippen molar-refractivity contribution in [2.75, 3.05) is 46.3 Å². The van der Waals surface area contributed by atoms with Crippen LogP contribution in [-0.2, 0) is 12.4 Å². The van der Waals surface area contributed by atoms with Gasteiger partial charge < -0.3 is 9.80 Å². The van der Waals surface area contributed by atoms with E-state index < -0.39 is 35.0 Å². The van der Waals surface area contributed by atoms with Crippen molar-refractivity contribution in [3.05, 3.63) is 70.3 Å². The van der Waals surface area contributed by atoms with Gasteiger partial charge in [-0.15, -0.1) is 0 Å². The zero-order chi connectivity index (χ0) is 26.3. The topological polar surface area (TPSA) is 26.8 Å². The summed E-state index contributed by atoms with van der Waals surface area (Å²) in [6.07, 6.45) is -9.43. The minimum absolute atomic E-state index is 0.0471. The lowest BCUT2D eigenvalue weighted by Gasteiger charge is -2.46. The number of hydrogen-bond acceptors (Lipinski definition) is 3. The van der Waals surface area contributed by atoms with Gasteiger partial charge in [-0.05, 0) is 44.2 Å². The summed E-state index contributed by atoms with van der Waals surface area (Å²) in [4.78, 5) is 19.3. The number of halogens is 6. The van der Waals surface area contributed by atoms with Gasteiger partial charge in [0, 0.05) is 56.8 Å². The highest BCUT2D eigenvalue weighted by Crippen LogP contribution is 2.38. The van der Waals surface area contributed by atoms with Crippen LogP contribution in [0.2, 0.25) is 0 Å². The number of piperidine rings is 1. The van der Waals surface area contributed by atoms with Crippen molar-refractivity contribution in [1.29, 1.82) is 0 Å². The predicted molar refractivity (Wildman–Crippen MR) is 124 cm³/mol. The highest BCUT2D eigenvalue weighted by atomic mass is 19.4. The Morgan fingerprint density at radius 2 is 1.39 bits per heavy atom. The molecule has 2 heterocycles. The highest BCUT2D eigenvalue weighted by molar-refractivity contribution is 5.95. The number of amides is 1. The Bertz CT molecular complexity index is 1040. The number of aryl methyl sites for hydroxylation is 1. The molecule has 4 rings (SSSR count). The highest BCUT2D eigenvalue weighted by Gasteiger charge is 2.40. The molecular formula is C26H29F6N3O. The first kappa shape index (κ1) is 26.5. The number of alkyl halides is 6. The van der Waals surface area contributed by atoms with Crippen LogP contribution >= 0.6 is 0 Å². The molecule has 4 nitrogen and oxygen atoms in total. The summed E-state index contributed by atoms with van der Waals surface area (Å²) in [7, 11) is 2.06. The standard InChI is InChI=1S/C26H29F6N3O/c1-17-3-5-18(6-4-17)22-16-35(8-7-23(22)34-11-9-33(2)10-12-34)24(36)19-13-20(25(27,28)29)15-21(14-19)26(30,31)32/h3-6,13-15,22-23H,7-12,16H2,1-2H3. The molecule has 0 N–H and O–H groups in total. The molecule has 1 amide bonds. The molecule has 0 radical (unpaired) electrons. The third-order valence-electron chi connectivity index (χ3n) is 7.21. The molecule has 2 aliphatic heterocycles. The maximum absolute atomic E-state index is 13.3. The number of hydrogen-bond donors (Lipinski definition) is 0. The Balaban J connectivity index is 1.64. The zero-order valence-corrected chi connectivity index (χ0v) is 20.2. The molecular weight excluding hydrogens is 484 g/mol. The molecule has 2 aliphatic rings. The van der Waals surface area contributed by atoms with Gasteiger partial charge in [0.05, 0.1) is 11.1 Å². The minimum atomic E-state index is -5.00. The molecule has 196 valence electrons. The zero-order valence-electron chi connectivity index (χ0n) is 20.2. The fourth-order valence-electron chi connectivity index (χ4n) is 5.12. The van der Waals surface area contributed by atoms with Gasteiger partial charge in [-0.1, -0.05) is 29.8 Å². The molecule has 2 atom stereocenters. The van der Waals surface area contributed by atoms with Crippen molar-refractivity contribution in [2.24, 2.45) is 0 Å². The molecule has 10 heteroatoms. The molecule has 2 fully saturated rings. The van der Waals surface area contributed by atoms with Gasteiger partial charge in [0.2, 0.25) is 0 Å². The van der Waals surface area contributed by atoms with E-state index in [1.807, 2.05) is 31.2 Å². The molecule has 0 saturated carbocycles. The normalized spacial score (nSPS) is 22.6. The van der Waals surface area contributed by atoms with Crippen molar-refractivity contribution >= 4 is 5.91 Å². The van der Waals surface area contributed by atoms with Crippen LogP contribution in [-0.4, -0.2) is 73.0 Å². The fourth-order valence-corrected chi connectivity index (χ4v) is 5.12. The van der Waals surface area contributed by atoms with E-state index in [1.165, 1.54) is 4.90 Å². The molecule has 2 aromatic rings. The van der Waals surface area contributed by atoms with Crippen LogP contribution < -0.4 is 0 Å². The summed E-state index contributed by atoms with van der Waals surface area (Å²) in [5.74, 6) is -0.930. The van der Waals surface area contributed by atoms with Crippen molar-refractivity contribution in [3.8, 4) is 0 Å². The van der Waals surface area contributed by atoms with Gasteiger partial charge in [0.1, 0.15) is 0 Å². The summed E-state index contributed by atoms with van der Waals surface area (Å²) >= 11 is 0. The Kier molecular flexibility index (Phi) is 7.39. The Hall–Kier alpha value is -2.59. The van der Waals surface area contributed by atoms with Crippen LogP contribution in [0.5, 0.6) is 0 Å². The maximum Gasteiger partial charge on any atom is 0.416 e. The van der Waals surface area contributed by atoms with E-state index in [0.29, 0.717) is 18.6 Å². The Morgan fingerprint density at radius 3 is 1.92 bits per heavy atom. The van der Waals surface area contributed by atoms with Crippen LogP contribution in [0, 0.1) is 6.92 Å². The van der Waals surface area contributed by atoms with Crippen LogP contribution in [0.15, 0.2) is 42.5 Å². The Morgan fingerprint density at radius 1 is 0.833 bits per heavy atom. The molecule has 0 aliphatic carbocycles. The number of likely N-dealkylation sites (N-methyl/N-ethyl adjacent to an activating group) is 1. The predicted octanol–water partition coefficient (Wildman–Crippen LogP) is 5.28. The second-order valence-electron chi connectivity index (χ2n) is 9.76. The quantitative estimate of drug-likeness (QED) is 0.523. The van der Waals surface area contributed by atoms with E-state index in [9.17, 15) is 31.1 Å². The number of carbonyl (C=O) groups excluding carboxylic acids is 1. The van der Waals surface area contributed by atoms with E-state index in [4.69, 9.17) is 0 Å². The summed E-state index contributed by atoms with van der Waals surface area (Å²) in [5, 5.41) is 0. The molecule has 2 unspecified atom stereocenters. The first-order valence-corrected chi connectivity index (χ1v) is 11.9. The SMILES string of the molecule is Cc1ccc(C2CN(C(=O)c3cc(C(F)(F)F)cc(C(F)(F)F)c3)CCC2N2CCN(C)CC2)cc1. The van der Waals surface area contributed by atoms with Gasteiger partial charge in [-0.2, -0.15) is 26.3 Å². The third-order valence-corrected chi connectivity index (χ3v) is 7.21. The second-order valence-corrected chi connectivity index (χ2v) is 9.76. The monoisotopic (exact) mass is 513 g/mol. The number of piperazine rings is 1. The van der Waals surface area contributed by atoms with Crippen molar-refractivity contribution in [2.45, 2.75) is 37.7 Å². The number of benzene rings is 2. The number of nitrogens with zero attached hydrogens (tertiary/aromatic N) is 3. The summed E-state index contributed by atoms with van der Waals surface area (Å²) in [5.41, 5.74) is -1.49. The van der Waals surface area contributed by atoms with Crippen LogP contribution in [0.4, 0.5) is 26.3 Å². The van der Waals surface area contributed by atoms with Gasteiger partial charge in [0.15, 0.2) is 0 Å². The first-order valence-electron chi connectivity index (χ1n) is 11.9. The van der Waals surface area contributed by atoms with Gasteiger partial charge in [0.25, 0.3) is 5.91 Å². The van der Waals surface area contributed by atoms with Crippen molar-refractivity contribution in [1.82, 2.24) is 14.7 Å². The van der Waals surface area contributed by atoms with Crippen LogP contribution in [0.25, 0.3) is 0 Å². The van der Waals surface area contributed by atoms with Gasteiger partial charge in [-0.3, -0.25) is 9.69 Å². The summed E-state index contributed by atoms with van der Waals surface area (Å²) < 4.78 is 80.0. The smallest absolute Gasteiger partial charge is 0.338 e. The lowest BCUT2D eigenvalue weighted by Crippen LogP contribution is -2.56. The average Bonchev–Trinajstić information content (AvgIpc) is 2.83. The minimum Gasteiger partial charge on any atom is -0.338 e. The largest absolute Gasteiger partial charge is 0.416 e. The van der Waals surface area contributed by atoms with E-state index >= 15 is 0 Å². The van der Waals surface area contributed by atoms with E-state index in [0.717, 1.165) is 37.3 Å². The molecule has 0 bridgehead atoms. The first-order chi connectivity index (χ1) is 16.8. The Labute approximate surface area is 206 Å². The maximum atomic E-state index is 13.3. The number of likely N-dealkylation sites (tertiary alicyclic amines) is 1. The molecule has 2 aromatic carbocycles. The lowest BCUT2D eigenvalue weighted by atomic mass is 9.84. The fraction of sp³-hybridized carbons (Fsp3) is 0.500. The molecule has 0 aromatic heterocycles. The molecule has 0 spiro atoms.